The quantitative estimate of drug-likeness (QED) is 0.132. The van der Waals surface area contributed by atoms with Gasteiger partial charge >= 0.3 is 5.69 Å². The monoisotopic (exact) mass is 582 g/mol. The van der Waals surface area contributed by atoms with Crippen LogP contribution in [-0.2, 0) is 6.61 Å². The summed E-state index contributed by atoms with van der Waals surface area (Å²) in [4.78, 5) is 29.3. The molecule has 0 saturated carbocycles. The van der Waals surface area contributed by atoms with Gasteiger partial charge in [-0.2, -0.15) is 9.78 Å². The lowest BCUT2D eigenvalue weighted by molar-refractivity contribution is -0.386. The Bertz CT molecular complexity index is 1600. The second kappa shape index (κ2) is 11.5. The lowest BCUT2D eigenvalue weighted by Crippen LogP contribution is -2.23. The lowest BCUT2D eigenvalue weighted by atomic mass is 10.1. The Labute approximate surface area is 225 Å². The molecule has 11 heteroatoms. The van der Waals surface area contributed by atoms with Crippen LogP contribution in [0.4, 0.5) is 10.1 Å². The Kier molecular flexibility index (Phi) is 8.16. The molecule has 0 fully saturated rings. The number of fused-ring (bicyclic) bond motifs is 1. The zero-order chi connectivity index (χ0) is 27.4. The maximum Gasteiger partial charge on any atom is 0.315 e. The second-order valence-corrected chi connectivity index (χ2v) is 9.47. The summed E-state index contributed by atoms with van der Waals surface area (Å²) < 4.78 is 26.5. The maximum atomic E-state index is 13.5. The number of nitro groups is 1. The van der Waals surface area contributed by atoms with Gasteiger partial charge in [0.05, 0.1) is 29.2 Å². The number of rotatable bonds is 9. The SMILES string of the molecule is CC[C@H](C)c1nc2ccc(Br)cc2c(=O)n1N=Cc1cc(OC)c(OCc2cccc(F)c2)c([N+](=O)[O-])c1. The van der Waals surface area contributed by atoms with Gasteiger partial charge in [-0.25, -0.2) is 9.37 Å². The Morgan fingerprint density at radius 2 is 2.03 bits per heavy atom. The minimum absolute atomic E-state index is 0.0737. The van der Waals surface area contributed by atoms with E-state index in [9.17, 15) is 19.3 Å². The van der Waals surface area contributed by atoms with Crippen LogP contribution >= 0.6 is 15.9 Å². The van der Waals surface area contributed by atoms with Gasteiger partial charge in [0.15, 0.2) is 5.75 Å². The van der Waals surface area contributed by atoms with Crippen molar-refractivity contribution in [1.29, 1.82) is 0 Å². The Morgan fingerprint density at radius 1 is 1.24 bits per heavy atom. The van der Waals surface area contributed by atoms with Crippen molar-refractivity contribution in [3.05, 3.63) is 102 Å². The van der Waals surface area contributed by atoms with Crippen LogP contribution in [0.2, 0.25) is 0 Å². The van der Waals surface area contributed by atoms with Crippen molar-refractivity contribution in [1.82, 2.24) is 9.66 Å². The molecule has 0 bridgehead atoms. The molecule has 0 radical (unpaired) electrons. The van der Waals surface area contributed by atoms with Gasteiger partial charge < -0.3 is 9.47 Å². The van der Waals surface area contributed by atoms with Crippen LogP contribution in [-0.4, -0.2) is 27.9 Å². The first kappa shape index (κ1) is 26.9. The van der Waals surface area contributed by atoms with Crippen LogP contribution in [0.1, 0.15) is 43.1 Å². The summed E-state index contributed by atoms with van der Waals surface area (Å²) in [6.07, 6.45) is 2.06. The molecule has 0 saturated heterocycles. The van der Waals surface area contributed by atoms with Crippen LogP contribution in [0.15, 0.2) is 69.0 Å². The second-order valence-electron chi connectivity index (χ2n) is 8.55. The summed E-state index contributed by atoms with van der Waals surface area (Å²) in [5, 5.41) is 16.6. The molecule has 4 aromatic rings. The van der Waals surface area contributed by atoms with Crippen molar-refractivity contribution in [3.63, 3.8) is 0 Å². The maximum absolute atomic E-state index is 13.5. The van der Waals surface area contributed by atoms with E-state index in [0.717, 1.165) is 10.9 Å². The van der Waals surface area contributed by atoms with Gasteiger partial charge in [-0.05, 0) is 48.4 Å². The van der Waals surface area contributed by atoms with Crippen LogP contribution in [0.3, 0.4) is 0 Å². The van der Waals surface area contributed by atoms with Crippen molar-refractivity contribution in [3.8, 4) is 11.5 Å². The van der Waals surface area contributed by atoms with Crippen molar-refractivity contribution in [2.75, 3.05) is 7.11 Å². The van der Waals surface area contributed by atoms with Crippen LogP contribution in [0.25, 0.3) is 10.9 Å². The first-order valence-electron chi connectivity index (χ1n) is 11.7. The number of benzene rings is 3. The molecular weight excluding hydrogens is 559 g/mol. The Hall–Kier alpha value is -4.12. The molecule has 0 aliphatic carbocycles. The van der Waals surface area contributed by atoms with E-state index in [1.807, 2.05) is 19.9 Å². The van der Waals surface area contributed by atoms with Crippen molar-refractivity contribution in [2.24, 2.45) is 5.10 Å². The van der Waals surface area contributed by atoms with Crippen LogP contribution in [0, 0.1) is 15.9 Å². The van der Waals surface area contributed by atoms with E-state index < -0.39 is 10.7 Å². The fourth-order valence-corrected chi connectivity index (χ4v) is 4.16. The van der Waals surface area contributed by atoms with Gasteiger partial charge in [0.2, 0.25) is 5.75 Å². The van der Waals surface area contributed by atoms with Gasteiger partial charge in [0, 0.05) is 22.0 Å². The molecule has 3 aromatic carbocycles. The van der Waals surface area contributed by atoms with Crippen LogP contribution < -0.4 is 15.0 Å². The molecule has 196 valence electrons. The van der Waals surface area contributed by atoms with Gasteiger partial charge in [0.1, 0.15) is 18.2 Å². The third kappa shape index (κ3) is 5.72. The largest absolute Gasteiger partial charge is 0.493 e. The number of ether oxygens (including phenoxy) is 2. The van der Waals surface area contributed by atoms with Gasteiger partial charge in [-0.15, -0.1) is 0 Å². The first-order valence-corrected chi connectivity index (χ1v) is 12.5. The van der Waals surface area contributed by atoms with Gasteiger partial charge in [-0.3, -0.25) is 14.9 Å². The van der Waals surface area contributed by atoms with Gasteiger partial charge in [-0.1, -0.05) is 41.9 Å². The van der Waals surface area contributed by atoms with E-state index in [1.165, 1.54) is 48.3 Å². The number of hydrogen-bond acceptors (Lipinski definition) is 7. The van der Waals surface area contributed by atoms with Crippen LogP contribution in [0.5, 0.6) is 11.5 Å². The van der Waals surface area contributed by atoms with E-state index in [1.54, 1.807) is 18.2 Å². The smallest absolute Gasteiger partial charge is 0.315 e. The summed E-state index contributed by atoms with van der Waals surface area (Å²) >= 11 is 3.38. The topological polar surface area (TPSA) is 109 Å². The zero-order valence-corrected chi connectivity index (χ0v) is 22.4. The minimum atomic E-state index is -0.605. The summed E-state index contributed by atoms with van der Waals surface area (Å²) in [6, 6.07) is 13.8. The number of nitro benzene ring substituents is 1. The highest BCUT2D eigenvalue weighted by atomic mass is 79.9. The number of nitrogens with zero attached hydrogens (tertiary/aromatic N) is 4. The van der Waals surface area contributed by atoms with E-state index in [-0.39, 0.29) is 35.3 Å². The number of methoxy groups -OCH3 is 1. The highest BCUT2D eigenvalue weighted by Gasteiger charge is 2.23. The standard InChI is InChI=1S/C27H24BrFN4O5/c1-4-16(2)26-31-22-9-8-19(28)13-21(22)27(34)32(26)30-14-18-11-23(33(35)36)25(24(12-18)37-3)38-15-17-6-5-7-20(29)10-17/h5-14,16H,4,15H2,1-3H3/t16-/m0/s1. The summed E-state index contributed by atoms with van der Waals surface area (Å²) in [5.41, 5.74) is 0.635. The fourth-order valence-electron chi connectivity index (χ4n) is 3.80. The molecule has 4 rings (SSSR count). The average molecular weight is 583 g/mol. The van der Waals surface area contributed by atoms with Gasteiger partial charge in [0.25, 0.3) is 5.56 Å². The molecule has 1 heterocycles. The highest BCUT2D eigenvalue weighted by molar-refractivity contribution is 9.10. The number of hydrogen-bond donors (Lipinski definition) is 0. The molecule has 0 aliphatic heterocycles. The predicted octanol–water partition coefficient (Wildman–Crippen LogP) is 6.19. The zero-order valence-electron chi connectivity index (χ0n) is 20.9. The van der Waals surface area contributed by atoms with E-state index in [2.05, 4.69) is 26.0 Å². The van der Waals surface area contributed by atoms with Crippen molar-refractivity contribution < 1.29 is 18.8 Å². The summed E-state index contributed by atoms with van der Waals surface area (Å²) in [5.74, 6) is -0.0576. The third-order valence-electron chi connectivity index (χ3n) is 5.96. The van der Waals surface area contributed by atoms with E-state index in [4.69, 9.17) is 9.47 Å². The first-order chi connectivity index (χ1) is 18.2. The molecule has 1 aromatic heterocycles. The molecule has 1 atom stereocenters. The summed E-state index contributed by atoms with van der Waals surface area (Å²) in [7, 11) is 1.35. The normalized spacial score (nSPS) is 12.1. The predicted molar refractivity (Wildman–Crippen MR) is 146 cm³/mol. The molecule has 0 N–H and O–H groups in total. The van der Waals surface area contributed by atoms with Crippen molar-refractivity contribution in [2.45, 2.75) is 32.8 Å². The molecule has 0 spiro atoms. The Balaban J connectivity index is 1.77. The average Bonchev–Trinajstić information content (AvgIpc) is 2.90. The highest BCUT2D eigenvalue weighted by Crippen LogP contribution is 2.38. The lowest BCUT2D eigenvalue weighted by Gasteiger charge is -2.14. The third-order valence-corrected chi connectivity index (χ3v) is 6.45. The molecule has 0 amide bonds. The van der Waals surface area contributed by atoms with E-state index >= 15 is 0 Å². The molecule has 0 aliphatic rings. The van der Waals surface area contributed by atoms with Crippen molar-refractivity contribution >= 4 is 38.7 Å². The number of halogens is 2. The molecular formula is C27H24BrFN4O5. The molecule has 0 unspecified atom stereocenters. The summed E-state index contributed by atoms with van der Waals surface area (Å²) in [6.45, 7) is 3.82. The van der Waals surface area contributed by atoms with E-state index in [0.29, 0.717) is 27.9 Å². The Morgan fingerprint density at radius 3 is 2.71 bits per heavy atom. The fraction of sp³-hybridized carbons (Fsp3) is 0.222. The molecule has 38 heavy (non-hydrogen) atoms. The minimum Gasteiger partial charge on any atom is -0.493 e. The number of aromatic nitrogens is 2. The molecule has 9 nitrogen and oxygen atoms in total.